The van der Waals surface area contributed by atoms with Gasteiger partial charge in [-0.3, -0.25) is 4.79 Å². The molecule has 4 heteroatoms. The smallest absolute Gasteiger partial charge is 0.247 e. The van der Waals surface area contributed by atoms with Gasteiger partial charge in [0.25, 0.3) is 0 Å². The standard InChI is InChI=1S/C20H24N2O2/c1-14(2)12-16-8-10-17(11-9-16)15(3)20(24)22-21-13-18-6-4-5-7-19(18)23/h4-11,13-15,23H,12H2,1-3H3,(H,22,24)/b21-13+. The number of aromatic hydroxyl groups is 1. The Kier molecular flexibility index (Phi) is 6.13. The van der Waals surface area contributed by atoms with E-state index in [-0.39, 0.29) is 17.6 Å². The molecule has 1 unspecified atom stereocenters. The fraction of sp³-hybridized carbons (Fsp3) is 0.300. The van der Waals surface area contributed by atoms with E-state index >= 15 is 0 Å². The Labute approximate surface area is 143 Å². The van der Waals surface area contributed by atoms with Crippen molar-refractivity contribution in [2.45, 2.75) is 33.1 Å². The number of phenolic OH excluding ortho intramolecular Hbond substituents is 1. The molecule has 0 spiro atoms. The SMILES string of the molecule is CC(C)Cc1ccc(C(C)C(=O)N/N=C/c2ccccc2O)cc1. The zero-order valence-electron chi connectivity index (χ0n) is 14.4. The lowest BCUT2D eigenvalue weighted by Gasteiger charge is -2.11. The number of hydrogen-bond acceptors (Lipinski definition) is 3. The number of nitrogens with zero attached hydrogens (tertiary/aromatic N) is 1. The maximum Gasteiger partial charge on any atom is 0.247 e. The molecule has 0 aromatic heterocycles. The summed E-state index contributed by atoms with van der Waals surface area (Å²) in [6.45, 7) is 6.22. The molecule has 1 amide bonds. The van der Waals surface area contributed by atoms with Crippen molar-refractivity contribution in [1.82, 2.24) is 5.43 Å². The number of rotatable bonds is 6. The Hall–Kier alpha value is -2.62. The topological polar surface area (TPSA) is 61.7 Å². The molecule has 0 bridgehead atoms. The van der Waals surface area contributed by atoms with Gasteiger partial charge in [-0.15, -0.1) is 0 Å². The highest BCUT2D eigenvalue weighted by Crippen LogP contribution is 2.18. The van der Waals surface area contributed by atoms with E-state index < -0.39 is 0 Å². The summed E-state index contributed by atoms with van der Waals surface area (Å²) in [5.74, 6) is 0.266. The zero-order chi connectivity index (χ0) is 17.5. The van der Waals surface area contributed by atoms with Crippen LogP contribution in [0.5, 0.6) is 5.75 Å². The molecule has 0 fully saturated rings. The highest BCUT2D eigenvalue weighted by atomic mass is 16.3. The minimum atomic E-state index is -0.292. The van der Waals surface area contributed by atoms with Gasteiger partial charge in [0.05, 0.1) is 12.1 Å². The van der Waals surface area contributed by atoms with E-state index in [1.54, 1.807) is 24.3 Å². The van der Waals surface area contributed by atoms with Crippen molar-refractivity contribution in [3.05, 3.63) is 65.2 Å². The number of amides is 1. The Bertz CT molecular complexity index is 706. The molecule has 0 radical (unpaired) electrons. The normalized spacial score (nSPS) is 12.5. The molecule has 0 aliphatic carbocycles. The number of hydrogen-bond donors (Lipinski definition) is 2. The van der Waals surface area contributed by atoms with Gasteiger partial charge < -0.3 is 5.11 Å². The lowest BCUT2D eigenvalue weighted by molar-refractivity contribution is -0.122. The van der Waals surface area contributed by atoms with Crippen LogP contribution in [0, 0.1) is 5.92 Å². The highest BCUT2D eigenvalue weighted by molar-refractivity contribution is 5.87. The molecule has 0 aliphatic heterocycles. The highest BCUT2D eigenvalue weighted by Gasteiger charge is 2.14. The third-order valence-electron chi connectivity index (χ3n) is 3.83. The van der Waals surface area contributed by atoms with Crippen molar-refractivity contribution in [3.63, 3.8) is 0 Å². The second-order valence-corrected chi connectivity index (χ2v) is 6.35. The summed E-state index contributed by atoms with van der Waals surface area (Å²) in [6.07, 6.45) is 2.47. The van der Waals surface area contributed by atoms with Crippen LogP contribution in [0.1, 0.15) is 43.4 Å². The van der Waals surface area contributed by atoms with Crippen molar-refractivity contribution in [1.29, 1.82) is 0 Å². The summed E-state index contributed by atoms with van der Waals surface area (Å²) in [5.41, 5.74) is 5.31. The number of carbonyl (C=O) groups excluding carboxylic acids is 1. The Balaban J connectivity index is 1.95. The summed E-state index contributed by atoms with van der Waals surface area (Å²) >= 11 is 0. The van der Waals surface area contributed by atoms with Crippen molar-refractivity contribution in [2.75, 3.05) is 0 Å². The van der Waals surface area contributed by atoms with Gasteiger partial charge in [-0.2, -0.15) is 5.10 Å². The summed E-state index contributed by atoms with van der Waals surface area (Å²) < 4.78 is 0. The van der Waals surface area contributed by atoms with E-state index in [4.69, 9.17) is 0 Å². The Morgan fingerprint density at radius 1 is 1.12 bits per heavy atom. The van der Waals surface area contributed by atoms with Gasteiger partial charge in [0.1, 0.15) is 5.75 Å². The molecule has 2 aromatic carbocycles. The van der Waals surface area contributed by atoms with Crippen molar-refractivity contribution in [3.8, 4) is 5.75 Å². The van der Waals surface area contributed by atoms with Crippen LogP contribution in [0.4, 0.5) is 0 Å². The Morgan fingerprint density at radius 3 is 2.42 bits per heavy atom. The first-order valence-corrected chi connectivity index (χ1v) is 8.17. The largest absolute Gasteiger partial charge is 0.507 e. The summed E-state index contributed by atoms with van der Waals surface area (Å²) in [4.78, 5) is 12.2. The van der Waals surface area contributed by atoms with E-state index in [1.165, 1.54) is 11.8 Å². The molecule has 0 saturated heterocycles. The zero-order valence-corrected chi connectivity index (χ0v) is 14.4. The Morgan fingerprint density at radius 2 is 1.79 bits per heavy atom. The summed E-state index contributed by atoms with van der Waals surface area (Å²) in [5, 5.41) is 13.6. The van der Waals surface area contributed by atoms with Crippen LogP contribution < -0.4 is 5.43 Å². The third kappa shape index (κ3) is 4.95. The lowest BCUT2D eigenvalue weighted by Crippen LogP contribution is -2.23. The molecule has 4 nitrogen and oxygen atoms in total. The van der Waals surface area contributed by atoms with Gasteiger partial charge in [-0.25, -0.2) is 5.43 Å². The molecule has 126 valence electrons. The molecule has 0 aliphatic rings. The molecule has 2 N–H and O–H groups in total. The minimum absolute atomic E-state index is 0.129. The van der Waals surface area contributed by atoms with Crippen LogP contribution in [-0.4, -0.2) is 17.2 Å². The van der Waals surface area contributed by atoms with Crippen LogP contribution >= 0.6 is 0 Å². The number of hydrazone groups is 1. The van der Waals surface area contributed by atoms with Crippen LogP contribution in [-0.2, 0) is 11.2 Å². The predicted molar refractivity (Wildman–Crippen MR) is 97.2 cm³/mol. The van der Waals surface area contributed by atoms with E-state index in [0.29, 0.717) is 11.5 Å². The van der Waals surface area contributed by atoms with Crippen LogP contribution in [0.2, 0.25) is 0 Å². The maximum atomic E-state index is 12.2. The quantitative estimate of drug-likeness (QED) is 0.626. The van der Waals surface area contributed by atoms with Gasteiger partial charge >= 0.3 is 0 Å². The van der Waals surface area contributed by atoms with E-state index in [9.17, 15) is 9.90 Å². The average molecular weight is 324 g/mol. The average Bonchev–Trinajstić information content (AvgIpc) is 2.56. The summed E-state index contributed by atoms with van der Waals surface area (Å²) in [6, 6.07) is 15.0. The third-order valence-corrected chi connectivity index (χ3v) is 3.83. The molecular weight excluding hydrogens is 300 g/mol. The van der Waals surface area contributed by atoms with Crippen LogP contribution in [0.15, 0.2) is 53.6 Å². The van der Waals surface area contributed by atoms with Crippen LogP contribution in [0.25, 0.3) is 0 Å². The van der Waals surface area contributed by atoms with Crippen molar-refractivity contribution < 1.29 is 9.90 Å². The monoisotopic (exact) mass is 324 g/mol. The molecule has 2 aromatic rings. The fourth-order valence-corrected chi connectivity index (χ4v) is 2.42. The first-order valence-electron chi connectivity index (χ1n) is 8.17. The molecule has 2 rings (SSSR count). The lowest BCUT2D eigenvalue weighted by atomic mass is 9.96. The fourth-order valence-electron chi connectivity index (χ4n) is 2.42. The van der Waals surface area contributed by atoms with E-state index in [0.717, 1.165) is 12.0 Å². The molecule has 1 atom stereocenters. The molecule has 0 heterocycles. The molecular formula is C20H24N2O2. The number of nitrogens with one attached hydrogen (secondary N) is 1. The maximum absolute atomic E-state index is 12.2. The number of para-hydroxylation sites is 1. The van der Waals surface area contributed by atoms with E-state index in [2.05, 4.69) is 36.5 Å². The molecule has 24 heavy (non-hydrogen) atoms. The predicted octanol–water partition coefficient (Wildman–Crippen LogP) is 3.84. The summed E-state index contributed by atoms with van der Waals surface area (Å²) in [7, 11) is 0. The van der Waals surface area contributed by atoms with Crippen molar-refractivity contribution >= 4 is 12.1 Å². The molecule has 0 saturated carbocycles. The van der Waals surface area contributed by atoms with Gasteiger partial charge in [0.15, 0.2) is 0 Å². The first kappa shape index (κ1) is 17.7. The van der Waals surface area contributed by atoms with Crippen molar-refractivity contribution in [2.24, 2.45) is 11.0 Å². The van der Waals surface area contributed by atoms with Gasteiger partial charge in [-0.1, -0.05) is 50.2 Å². The van der Waals surface area contributed by atoms with Gasteiger partial charge in [0.2, 0.25) is 5.91 Å². The van der Waals surface area contributed by atoms with Gasteiger partial charge in [-0.05, 0) is 42.5 Å². The second-order valence-electron chi connectivity index (χ2n) is 6.35. The minimum Gasteiger partial charge on any atom is -0.507 e. The van der Waals surface area contributed by atoms with Gasteiger partial charge in [0, 0.05) is 5.56 Å². The first-order chi connectivity index (χ1) is 11.5. The van der Waals surface area contributed by atoms with E-state index in [1.807, 2.05) is 19.1 Å². The number of carbonyl (C=O) groups is 1. The number of benzene rings is 2. The second kappa shape index (κ2) is 8.29. The van der Waals surface area contributed by atoms with Crippen LogP contribution in [0.3, 0.4) is 0 Å². The number of phenols is 1.